The van der Waals surface area contributed by atoms with Crippen LogP contribution in [0.5, 0.6) is 5.75 Å². The van der Waals surface area contributed by atoms with Crippen LogP contribution in [0.2, 0.25) is 0 Å². The van der Waals surface area contributed by atoms with Gasteiger partial charge in [-0.25, -0.2) is 9.78 Å². The number of carbonyl (C=O) groups is 4. The first-order valence-corrected chi connectivity index (χ1v) is 20.9. The number of benzene rings is 4. The molecule has 2 aliphatic rings. The Kier molecular flexibility index (Phi) is 12.5. The summed E-state index contributed by atoms with van der Waals surface area (Å²) in [4.78, 5) is 59.5. The van der Waals surface area contributed by atoms with Crippen molar-refractivity contribution < 1.29 is 38.6 Å². The molecule has 61 heavy (non-hydrogen) atoms. The van der Waals surface area contributed by atoms with E-state index < -0.39 is 58.6 Å². The molecule has 1 unspecified atom stereocenters. The minimum atomic E-state index is -1.12. The van der Waals surface area contributed by atoms with E-state index in [2.05, 4.69) is 15.8 Å². The number of β-lactam (4-membered cyclic amide) rings is 1. The molecular weight excluding hydrogens is 817 g/mol. The maximum absolute atomic E-state index is 13.8. The lowest BCUT2D eigenvalue weighted by Gasteiger charge is -2.49. The predicted octanol–water partition coefficient (Wildman–Crippen LogP) is 6.42. The topological polar surface area (TPSA) is 193 Å². The molecule has 2 atom stereocenters. The minimum Gasteiger partial charge on any atom is -0.489 e. The third kappa shape index (κ3) is 8.84. The third-order valence-corrected chi connectivity index (χ3v) is 12.0. The van der Waals surface area contributed by atoms with Gasteiger partial charge in [-0.1, -0.05) is 102 Å². The van der Waals surface area contributed by atoms with Crippen molar-refractivity contribution in [1.82, 2.24) is 15.2 Å². The number of anilines is 1. The molecule has 0 saturated carbocycles. The van der Waals surface area contributed by atoms with Crippen molar-refractivity contribution in [2.45, 2.75) is 37.7 Å². The molecule has 2 amide bonds. The van der Waals surface area contributed by atoms with Crippen molar-refractivity contribution >= 4 is 57.7 Å². The second-order valence-corrected chi connectivity index (χ2v) is 16.9. The smallest absolute Gasteiger partial charge is 0.358 e. The van der Waals surface area contributed by atoms with Crippen LogP contribution in [0.25, 0.3) is 0 Å². The Balaban J connectivity index is 1.10. The summed E-state index contributed by atoms with van der Waals surface area (Å²) in [6.07, 6.45) is 0. The van der Waals surface area contributed by atoms with Crippen LogP contribution < -0.4 is 15.4 Å². The number of amides is 2. The molecular formula is C45H40N6O8S2. The first kappa shape index (κ1) is 42.2. The van der Waals surface area contributed by atoms with Crippen molar-refractivity contribution in [3.8, 4) is 11.8 Å². The van der Waals surface area contributed by atoms with Gasteiger partial charge in [0.25, 0.3) is 11.8 Å². The Labute approximate surface area is 359 Å². The van der Waals surface area contributed by atoms with E-state index in [1.54, 1.807) is 44.4 Å². The molecule has 3 heterocycles. The van der Waals surface area contributed by atoms with Gasteiger partial charge in [-0.3, -0.25) is 19.3 Å². The zero-order valence-corrected chi connectivity index (χ0v) is 34.9. The monoisotopic (exact) mass is 856 g/mol. The highest BCUT2D eigenvalue weighted by molar-refractivity contribution is 8.00. The van der Waals surface area contributed by atoms with Crippen LogP contribution in [0.3, 0.4) is 0 Å². The van der Waals surface area contributed by atoms with Crippen LogP contribution in [-0.4, -0.2) is 75.1 Å². The number of esters is 2. The van der Waals surface area contributed by atoms with Gasteiger partial charge in [-0.05, 0) is 55.7 Å². The fraction of sp³-hybridized carbons (Fsp3) is 0.222. The molecule has 5 aromatic rings. The number of carbonyl (C=O) groups excluding carboxylic acids is 4. The number of nitrogens with one attached hydrogen (secondary N) is 2. The minimum absolute atomic E-state index is 0.0596. The predicted molar refractivity (Wildman–Crippen MR) is 228 cm³/mol. The summed E-state index contributed by atoms with van der Waals surface area (Å²) >= 11 is 2.48. The van der Waals surface area contributed by atoms with Gasteiger partial charge in [0.2, 0.25) is 6.79 Å². The summed E-state index contributed by atoms with van der Waals surface area (Å²) in [5, 5.41) is 30.3. The van der Waals surface area contributed by atoms with Gasteiger partial charge >= 0.3 is 11.9 Å². The largest absolute Gasteiger partial charge is 0.489 e. The fourth-order valence-corrected chi connectivity index (χ4v) is 8.91. The second kappa shape index (κ2) is 18.1. The number of rotatable bonds is 14. The van der Waals surface area contributed by atoms with Crippen molar-refractivity contribution in [2.75, 3.05) is 24.5 Å². The van der Waals surface area contributed by atoms with Crippen molar-refractivity contribution in [3.63, 3.8) is 0 Å². The molecule has 3 N–H and O–H groups in total. The average Bonchev–Trinajstić information content (AvgIpc) is 3.74. The van der Waals surface area contributed by atoms with E-state index in [0.29, 0.717) is 22.0 Å². The summed E-state index contributed by atoms with van der Waals surface area (Å²) in [5.41, 5.74) is 1.32. The number of nitrogens with zero attached hydrogens (tertiary/aromatic N) is 4. The molecule has 1 fully saturated rings. The van der Waals surface area contributed by atoms with E-state index in [4.69, 9.17) is 19.2 Å². The lowest BCUT2D eigenvalue weighted by molar-refractivity contribution is -0.173. The Morgan fingerprint density at radius 1 is 0.918 bits per heavy atom. The zero-order chi connectivity index (χ0) is 43.1. The molecule has 1 aromatic heterocycles. The molecule has 0 bridgehead atoms. The van der Waals surface area contributed by atoms with Gasteiger partial charge in [0, 0.05) is 16.7 Å². The summed E-state index contributed by atoms with van der Waals surface area (Å²) in [6, 6.07) is 37.0. The van der Waals surface area contributed by atoms with Gasteiger partial charge in [-0.15, -0.1) is 23.1 Å². The van der Waals surface area contributed by atoms with Crippen LogP contribution in [0.1, 0.15) is 48.7 Å². The van der Waals surface area contributed by atoms with E-state index in [1.165, 1.54) is 34.1 Å². The maximum atomic E-state index is 13.8. The maximum Gasteiger partial charge on any atom is 0.358 e. The quantitative estimate of drug-likeness (QED) is 0.0212. The summed E-state index contributed by atoms with van der Waals surface area (Å²) in [7, 11) is 0. The molecule has 0 radical (unpaired) electrons. The Hall–Kier alpha value is -6.96. The number of thiazole rings is 1. The molecule has 0 aliphatic carbocycles. The van der Waals surface area contributed by atoms with E-state index in [1.807, 2.05) is 97.1 Å². The van der Waals surface area contributed by atoms with Crippen LogP contribution in [-0.2, 0) is 34.2 Å². The third-order valence-electron chi connectivity index (χ3n) is 9.87. The van der Waals surface area contributed by atoms with Crippen LogP contribution in [0.15, 0.2) is 137 Å². The number of aromatic nitrogens is 1. The molecule has 1 saturated heterocycles. The number of hydrogen-bond acceptors (Lipinski definition) is 14. The second-order valence-electron chi connectivity index (χ2n) is 14.9. The molecule has 0 spiro atoms. The van der Waals surface area contributed by atoms with Gasteiger partial charge in [0.05, 0.1) is 17.0 Å². The number of ether oxygens (including phenoxy) is 3. The van der Waals surface area contributed by atoms with E-state index >= 15 is 0 Å². The van der Waals surface area contributed by atoms with E-state index in [0.717, 1.165) is 16.7 Å². The normalized spacial score (nSPS) is 16.4. The SMILES string of the molecule is CC(C)(C)C(=O)OCOC(=O)C1=C(COc2cccc(C#N)c2)CS[C@H]2C(NC(=O)C(=NO)c3csc(NC(c4ccccc4)(c4ccccc4)c4ccccc4)n3)C(=O)N12. The highest BCUT2D eigenvalue weighted by atomic mass is 32.2. The summed E-state index contributed by atoms with van der Waals surface area (Å²) < 4.78 is 16.4. The summed E-state index contributed by atoms with van der Waals surface area (Å²) in [6.45, 7) is 4.12. The number of hydrogen-bond donors (Lipinski definition) is 3. The van der Waals surface area contributed by atoms with Crippen molar-refractivity contribution in [3.05, 3.63) is 160 Å². The van der Waals surface area contributed by atoms with Gasteiger partial charge in [0.1, 0.15) is 40.7 Å². The lowest BCUT2D eigenvalue weighted by Crippen LogP contribution is -2.71. The fourth-order valence-electron chi connectivity index (χ4n) is 6.83. The molecule has 14 nitrogen and oxygen atoms in total. The van der Waals surface area contributed by atoms with Crippen molar-refractivity contribution in [2.24, 2.45) is 10.6 Å². The first-order chi connectivity index (χ1) is 29.4. The first-order valence-electron chi connectivity index (χ1n) is 19.0. The molecule has 7 rings (SSSR count). The van der Waals surface area contributed by atoms with Crippen LogP contribution in [0, 0.1) is 16.7 Å². The van der Waals surface area contributed by atoms with Gasteiger partial charge in [-0.2, -0.15) is 5.26 Å². The Morgan fingerprint density at radius 2 is 1.54 bits per heavy atom. The zero-order valence-electron chi connectivity index (χ0n) is 33.2. The molecule has 310 valence electrons. The number of fused-ring (bicyclic) bond motifs is 1. The Morgan fingerprint density at radius 3 is 2.11 bits per heavy atom. The lowest BCUT2D eigenvalue weighted by atomic mass is 9.77. The number of nitriles is 1. The highest BCUT2D eigenvalue weighted by Crippen LogP contribution is 2.42. The molecule has 4 aromatic carbocycles. The number of thioether (sulfide) groups is 1. The highest BCUT2D eigenvalue weighted by Gasteiger charge is 2.55. The van der Waals surface area contributed by atoms with Gasteiger partial charge in [0.15, 0.2) is 10.8 Å². The Bertz CT molecular complexity index is 2440. The summed E-state index contributed by atoms with van der Waals surface area (Å²) in [5.74, 6) is -2.47. The molecule has 16 heteroatoms. The van der Waals surface area contributed by atoms with Crippen LogP contribution in [0.4, 0.5) is 5.13 Å². The van der Waals surface area contributed by atoms with Gasteiger partial charge < -0.3 is 30.1 Å². The average molecular weight is 857 g/mol. The van der Waals surface area contributed by atoms with Crippen LogP contribution >= 0.6 is 23.1 Å². The van der Waals surface area contributed by atoms with E-state index in [9.17, 15) is 29.6 Å². The van der Waals surface area contributed by atoms with Crippen molar-refractivity contribution in [1.29, 1.82) is 5.26 Å². The van der Waals surface area contributed by atoms with E-state index in [-0.39, 0.29) is 23.8 Å². The standard InChI is InChI=1S/C45H40N6O8S2/c1-44(2,3)42(55)59-27-58-41(54)37-29(24-57-33-21-13-14-28(22-33)23-46)25-60-40-36(39(53)51(37)40)48-38(52)35(50-56)34-26-61-43(47-34)49-45(30-15-7-4-8-16-30,31-17-9-5-10-18-31)32-19-11-6-12-20-32/h4-22,26,36,40,56H,24-25,27H2,1-3H3,(H,47,49)(H,48,52)/t36?,40-/m0/s1. The number of oxime groups is 1. The molecule has 2 aliphatic heterocycles.